The Morgan fingerprint density at radius 2 is 1.59 bits per heavy atom. The van der Waals surface area contributed by atoms with Crippen LogP contribution in [0.3, 0.4) is 0 Å². The van der Waals surface area contributed by atoms with Crippen LogP contribution in [0.25, 0.3) is 11.1 Å². The van der Waals surface area contributed by atoms with E-state index in [-0.39, 0.29) is 5.02 Å². The van der Waals surface area contributed by atoms with Gasteiger partial charge in [0.1, 0.15) is 11.6 Å². The zero-order chi connectivity index (χ0) is 12.4. The second kappa shape index (κ2) is 4.63. The Morgan fingerprint density at radius 1 is 0.941 bits per heavy atom. The van der Waals surface area contributed by atoms with E-state index in [4.69, 9.17) is 11.6 Å². The van der Waals surface area contributed by atoms with Crippen molar-refractivity contribution >= 4 is 17.9 Å². The van der Waals surface area contributed by atoms with Gasteiger partial charge in [0.15, 0.2) is 6.29 Å². The Morgan fingerprint density at radius 3 is 2.12 bits per heavy atom. The number of benzene rings is 2. The summed E-state index contributed by atoms with van der Waals surface area (Å²) in [6.45, 7) is 0. The Kier molecular flexibility index (Phi) is 3.20. The third kappa shape index (κ3) is 2.50. The van der Waals surface area contributed by atoms with Crippen LogP contribution in [-0.2, 0) is 0 Å². The average molecular weight is 253 g/mol. The van der Waals surface area contributed by atoms with Crippen molar-refractivity contribution in [2.24, 2.45) is 0 Å². The van der Waals surface area contributed by atoms with E-state index in [2.05, 4.69) is 0 Å². The molecule has 0 aliphatic rings. The lowest BCUT2D eigenvalue weighted by molar-refractivity contribution is 0.112. The summed E-state index contributed by atoms with van der Waals surface area (Å²) in [7, 11) is 0. The van der Waals surface area contributed by atoms with E-state index in [9.17, 15) is 13.6 Å². The summed E-state index contributed by atoms with van der Waals surface area (Å²) >= 11 is 5.84. The van der Waals surface area contributed by atoms with Gasteiger partial charge in [-0.25, -0.2) is 8.78 Å². The third-order valence-corrected chi connectivity index (χ3v) is 2.65. The fourth-order valence-electron chi connectivity index (χ4n) is 1.52. The number of aldehydes is 1. The molecule has 0 fully saturated rings. The minimum atomic E-state index is -0.657. The number of hydrogen-bond donors (Lipinski definition) is 0. The number of halogens is 3. The second-order valence-corrected chi connectivity index (χ2v) is 3.92. The number of rotatable bonds is 2. The molecule has 0 N–H and O–H groups in total. The number of hydrogen-bond acceptors (Lipinski definition) is 1. The van der Waals surface area contributed by atoms with Crippen LogP contribution in [0.5, 0.6) is 0 Å². The van der Waals surface area contributed by atoms with Gasteiger partial charge in [0.2, 0.25) is 0 Å². The summed E-state index contributed by atoms with van der Waals surface area (Å²) in [5.41, 5.74) is 1.27. The summed E-state index contributed by atoms with van der Waals surface area (Å²) in [4.78, 5) is 10.6. The van der Waals surface area contributed by atoms with Gasteiger partial charge < -0.3 is 0 Å². The molecule has 0 atom stereocenters. The van der Waals surface area contributed by atoms with Crippen molar-refractivity contribution in [2.75, 3.05) is 0 Å². The van der Waals surface area contributed by atoms with Crippen LogP contribution in [0.15, 0.2) is 36.4 Å². The minimum Gasteiger partial charge on any atom is -0.298 e. The van der Waals surface area contributed by atoms with Crippen molar-refractivity contribution < 1.29 is 13.6 Å². The van der Waals surface area contributed by atoms with Crippen LogP contribution < -0.4 is 0 Å². The molecule has 0 aliphatic heterocycles. The topological polar surface area (TPSA) is 17.1 Å². The lowest BCUT2D eigenvalue weighted by Crippen LogP contribution is -1.87. The summed E-state index contributed by atoms with van der Waals surface area (Å²) in [5.74, 6) is -1.31. The maximum absolute atomic E-state index is 13.0. The minimum absolute atomic E-state index is 0.252. The first-order valence-electron chi connectivity index (χ1n) is 4.81. The van der Waals surface area contributed by atoms with Crippen molar-refractivity contribution in [1.82, 2.24) is 0 Å². The number of carbonyl (C=O) groups is 1. The van der Waals surface area contributed by atoms with Gasteiger partial charge in [0.05, 0.1) is 5.02 Å². The second-order valence-electron chi connectivity index (χ2n) is 3.51. The molecule has 0 bridgehead atoms. The molecule has 0 amide bonds. The quantitative estimate of drug-likeness (QED) is 0.736. The maximum Gasteiger partial charge on any atom is 0.151 e. The zero-order valence-electron chi connectivity index (χ0n) is 8.58. The standard InChI is InChI=1S/C13H7ClF2O/c14-13-5-8(1-2-9(13)7-17)10-3-11(15)6-12(16)4-10/h1-7H. The van der Waals surface area contributed by atoms with Crippen molar-refractivity contribution in [3.8, 4) is 11.1 Å². The van der Waals surface area contributed by atoms with Gasteiger partial charge >= 0.3 is 0 Å². The van der Waals surface area contributed by atoms with Gasteiger partial charge in [0.25, 0.3) is 0 Å². The molecule has 1 nitrogen and oxygen atoms in total. The zero-order valence-corrected chi connectivity index (χ0v) is 9.34. The highest BCUT2D eigenvalue weighted by molar-refractivity contribution is 6.33. The highest BCUT2D eigenvalue weighted by Gasteiger charge is 2.06. The number of carbonyl (C=O) groups excluding carboxylic acids is 1. The van der Waals surface area contributed by atoms with Crippen LogP contribution in [0.4, 0.5) is 8.78 Å². The van der Waals surface area contributed by atoms with Crippen LogP contribution >= 0.6 is 11.6 Å². The van der Waals surface area contributed by atoms with E-state index in [1.165, 1.54) is 24.3 Å². The molecular weight excluding hydrogens is 246 g/mol. The predicted molar refractivity (Wildman–Crippen MR) is 62.2 cm³/mol. The predicted octanol–water partition coefficient (Wildman–Crippen LogP) is 4.10. The maximum atomic E-state index is 13.0. The molecule has 0 radical (unpaired) electrons. The normalized spacial score (nSPS) is 10.3. The monoisotopic (exact) mass is 252 g/mol. The molecule has 0 unspecified atom stereocenters. The van der Waals surface area contributed by atoms with E-state index in [0.29, 0.717) is 23.0 Å². The first-order chi connectivity index (χ1) is 8.10. The first-order valence-corrected chi connectivity index (χ1v) is 5.19. The van der Waals surface area contributed by atoms with Crippen LogP contribution in [0.1, 0.15) is 10.4 Å². The molecule has 4 heteroatoms. The molecule has 0 saturated carbocycles. The Bertz CT molecular complexity index is 561. The Hall–Kier alpha value is -1.74. The van der Waals surface area contributed by atoms with E-state index in [1.54, 1.807) is 6.07 Å². The molecule has 0 saturated heterocycles. The van der Waals surface area contributed by atoms with Crippen molar-refractivity contribution in [2.45, 2.75) is 0 Å². The van der Waals surface area contributed by atoms with E-state index in [1.807, 2.05) is 0 Å². The van der Waals surface area contributed by atoms with E-state index < -0.39 is 11.6 Å². The summed E-state index contributed by atoms with van der Waals surface area (Å²) in [6, 6.07) is 7.80. The van der Waals surface area contributed by atoms with Gasteiger partial charge in [-0.2, -0.15) is 0 Å². The molecule has 0 aromatic heterocycles. The van der Waals surface area contributed by atoms with E-state index in [0.717, 1.165) is 6.07 Å². The lowest BCUT2D eigenvalue weighted by Gasteiger charge is -2.04. The van der Waals surface area contributed by atoms with Crippen LogP contribution in [0.2, 0.25) is 5.02 Å². The van der Waals surface area contributed by atoms with Gasteiger partial charge in [-0.1, -0.05) is 17.7 Å². The van der Waals surface area contributed by atoms with Crippen LogP contribution in [0, 0.1) is 11.6 Å². The Labute approximate surface area is 102 Å². The summed E-state index contributed by atoms with van der Waals surface area (Å²) in [5, 5.41) is 0.252. The lowest BCUT2D eigenvalue weighted by atomic mass is 10.0. The average Bonchev–Trinajstić information content (AvgIpc) is 2.27. The molecule has 0 aliphatic carbocycles. The molecule has 2 aromatic carbocycles. The molecule has 2 aromatic rings. The SMILES string of the molecule is O=Cc1ccc(-c2cc(F)cc(F)c2)cc1Cl. The highest BCUT2D eigenvalue weighted by atomic mass is 35.5. The van der Waals surface area contributed by atoms with Gasteiger partial charge in [-0.3, -0.25) is 4.79 Å². The molecular formula is C13H7ClF2O. The first kappa shape index (κ1) is 11.7. The molecule has 17 heavy (non-hydrogen) atoms. The van der Waals surface area contributed by atoms with Gasteiger partial charge in [-0.05, 0) is 35.4 Å². The van der Waals surface area contributed by atoms with Crippen molar-refractivity contribution in [3.63, 3.8) is 0 Å². The van der Waals surface area contributed by atoms with Gasteiger partial charge in [0, 0.05) is 11.6 Å². The largest absolute Gasteiger partial charge is 0.298 e. The molecule has 0 heterocycles. The van der Waals surface area contributed by atoms with E-state index >= 15 is 0 Å². The third-order valence-electron chi connectivity index (χ3n) is 2.32. The Balaban J connectivity index is 2.53. The summed E-state index contributed by atoms with van der Waals surface area (Å²) < 4.78 is 26.1. The van der Waals surface area contributed by atoms with Gasteiger partial charge in [-0.15, -0.1) is 0 Å². The van der Waals surface area contributed by atoms with Crippen molar-refractivity contribution in [3.05, 3.63) is 58.6 Å². The molecule has 2 rings (SSSR count). The fraction of sp³-hybridized carbons (Fsp3) is 0. The molecule has 0 spiro atoms. The summed E-state index contributed by atoms with van der Waals surface area (Å²) in [6.07, 6.45) is 0.623. The fourth-order valence-corrected chi connectivity index (χ4v) is 1.75. The smallest absolute Gasteiger partial charge is 0.151 e. The molecule has 86 valence electrons. The van der Waals surface area contributed by atoms with Crippen molar-refractivity contribution in [1.29, 1.82) is 0 Å². The highest BCUT2D eigenvalue weighted by Crippen LogP contribution is 2.26. The van der Waals surface area contributed by atoms with Crippen LogP contribution in [-0.4, -0.2) is 6.29 Å².